The lowest BCUT2D eigenvalue weighted by Gasteiger charge is -2.34. The minimum absolute atomic E-state index is 0.0172. The minimum Gasteiger partial charge on any atom is -0.309 e. The SMILES string of the molecule is C[C@@H]1Cc2ccccc2N1C(=O)[C@@H]1CCCN(S(=O)(=O)c2ccc(F)cc2)C1. The lowest BCUT2D eigenvalue weighted by Crippen LogP contribution is -2.48. The van der Waals surface area contributed by atoms with E-state index in [9.17, 15) is 17.6 Å². The molecule has 0 spiro atoms. The Hall–Kier alpha value is -2.25. The molecule has 1 amide bonds. The van der Waals surface area contributed by atoms with Gasteiger partial charge in [-0.05, 0) is 62.1 Å². The van der Waals surface area contributed by atoms with Gasteiger partial charge < -0.3 is 4.90 Å². The molecule has 0 unspecified atom stereocenters. The molecule has 0 N–H and O–H groups in total. The first-order valence-corrected chi connectivity index (χ1v) is 11.0. The zero-order valence-electron chi connectivity index (χ0n) is 15.7. The van der Waals surface area contributed by atoms with Gasteiger partial charge in [0.15, 0.2) is 0 Å². The number of benzene rings is 2. The predicted molar refractivity (Wildman–Crippen MR) is 105 cm³/mol. The number of piperidine rings is 1. The molecule has 2 aromatic carbocycles. The number of hydrogen-bond acceptors (Lipinski definition) is 3. The van der Waals surface area contributed by atoms with Crippen LogP contribution in [0.1, 0.15) is 25.3 Å². The zero-order valence-corrected chi connectivity index (χ0v) is 16.5. The molecule has 2 aromatic rings. The molecule has 4 rings (SSSR count). The molecule has 2 aliphatic heterocycles. The van der Waals surface area contributed by atoms with E-state index in [2.05, 4.69) is 0 Å². The molecule has 2 aliphatic rings. The van der Waals surface area contributed by atoms with Crippen LogP contribution in [0.4, 0.5) is 10.1 Å². The van der Waals surface area contributed by atoms with E-state index in [0.717, 1.165) is 29.8 Å². The van der Waals surface area contributed by atoms with Crippen molar-refractivity contribution in [2.24, 2.45) is 5.92 Å². The fraction of sp³-hybridized carbons (Fsp3) is 0.381. The lowest BCUT2D eigenvalue weighted by molar-refractivity contribution is -0.123. The number of anilines is 1. The van der Waals surface area contributed by atoms with Gasteiger partial charge in [-0.2, -0.15) is 4.31 Å². The first-order valence-electron chi connectivity index (χ1n) is 9.54. The van der Waals surface area contributed by atoms with Gasteiger partial charge in [0.2, 0.25) is 15.9 Å². The van der Waals surface area contributed by atoms with E-state index >= 15 is 0 Å². The Kier molecular flexibility index (Phi) is 4.97. The van der Waals surface area contributed by atoms with E-state index < -0.39 is 15.8 Å². The molecule has 1 fully saturated rings. The molecule has 5 nitrogen and oxygen atoms in total. The Bertz CT molecular complexity index is 991. The number of sulfonamides is 1. The highest BCUT2D eigenvalue weighted by molar-refractivity contribution is 7.89. The van der Waals surface area contributed by atoms with E-state index in [1.807, 2.05) is 36.1 Å². The van der Waals surface area contributed by atoms with Gasteiger partial charge in [-0.1, -0.05) is 18.2 Å². The third-order valence-corrected chi connectivity index (χ3v) is 7.51. The highest BCUT2D eigenvalue weighted by Crippen LogP contribution is 2.35. The van der Waals surface area contributed by atoms with Gasteiger partial charge in [-0.25, -0.2) is 12.8 Å². The van der Waals surface area contributed by atoms with Crippen molar-refractivity contribution >= 4 is 21.6 Å². The number of halogens is 1. The molecule has 2 heterocycles. The number of fused-ring (bicyclic) bond motifs is 1. The average molecular weight is 402 g/mol. The van der Waals surface area contributed by atoms with Crippen molar-refractivity contribution in [1.82, 2.24) is 4.31 Å². The number of nitrogens with zero attached hydrogens (tertiary/aromatic N) is 2. The van der Waals surface area contributed by atoms with Crippen LogP contribution in [0.25, 0.3) is 0 Å². The minimum atomic E-state index is -3.75. The summed E-state index contributed by atoms with van der Waals surface area (Å²) in [7, 11) is -3.75. The topological polar surface area (TPSA) is 57.7 Å². The quantitative estimate of drug-likeness (QED) is 0.792. The monoisotopic (exact) mass is 402 g/mol. The second-order valence-corrected chi connectivity index (χ2v) is 9.48. The normalized spacial score (nSPS) is 22.9. The van der Waals surface area contributed by atoms with Crippen LogP contribution in [0.3, 0.4) is 0 Å². The summed E-state index contributed by atoms with van der Waals surface area (Å²) >= 11 is 0. The van der Waals surface area contributed by atoms with Crippen LogP contribution >= 0.6 is 0 Å². The number of para-hydroxylation sites is 1. The van der Waals surface area contributed by atoms with Crippen molar-refractivity contribution in [3.8, 4) is 0 Å². The molecule has 0 aliphatic carbocycles. The van der Waals surface area contributed by atoms with Crippen molar-refractivity contribution in [3.63, 3.8) is 0 Å². The number of carbonyl (C=O) groups is 1. The van der Waals surface area contributed by atoms with E-state index in [4.69, 9.17) is 0 Å². The van der Waals surface area contributed by atoms with Crippen LogP contribution in [0, 0.1) is 11.7 Å². The van der Waals surface area contributed by atoms with Crippen molar-refractivity contribution < 1.29 is 17.6 Å². The molecular formula is C21H23FN2O3S. The molecule has 1 saturated heterocycles. The molecule has 0 aromatic heterocycles. The molecule has 7 heteroatoms. The van der Waals surface area contributed by atoms with Gasteiger partial charge in [0.25, 0.3) is 0 Å². The van der Waals surface area contributed by atoms with Gasteiger partial charge in [-0.3, -0.25) is 4.79 Å². The third-order valence-electron chi connectivity index (χ3n) is 5.63. The lowest BCUT2D eigenvalue weighted by atomic mass is 9.97. The Morgan fingerprint density at radius 3 is 2.57 bits per heavy atom. The van der Waals surface area contributed by atoms with E-state index in [-0.39, 0.29) is 29.3 Å². The van der Waals surface area contributed by atoms with Gasteiger partial charge in [0.1, 0.15) is 5.82 Å². The van der Waals surface area contributed by atoms with E-state index in [0.29, 0.717) is 19.4 Å². The van der Waals surface area contributed by atoms with Crippen LogP contribution in [-0.4, -0.2) is 37.8 Å². The summed E-state index contributed by atoms with van der Waals surface area (Å²) in [5.41, 5.74) is 2.08. The summed E-state index contributed by atoms with van der Waals surface area (Å²) in [6.07, 6.45) is 2.10. The summed E-state index contributed by atoms with van der Waals surface area (Å²) in [5, 5.41) is 0. The summed E-state index contributed by atoms with van der Waals surface area (Å²) in [4.78, 5) is 15.2. The smallest absolute Gasteiger partial charge is 0.243 e. The maximum Gasteiger partial charge on any atom is 0.243 e. The standard InChI is InChI=1S/C21H23FN2O3S/c1-15-13-16-5-2-3-7-20(16)24(15)21(25)17-6-4-12-23(14-17)28(26,27)19-10-8-18(22)9-11-19/h2-3,5,7-11,15,17H,4,6,12-14H2,1H3/t15-,17-/m1/s1. The summed E-state index contributed by atoms with van der Waals surface area (Å²) in [6.45, 7) is 2.55. The van der Waals surface area contributed by atoms with Crippen molar-refractivity contribution in [2.45, 2.75) is 37.1 Å². The second-order valence-electron chi connectivity index (χ2n) is 7.55. The molecule has 0 bridgehead atoms. The van der Waals surface area contributed by atoms with Gasteiger partial charge in [0.05, 0.1) is 10.8 Å². The molecule has 0 radical (unpaired) electrons. The van der Waals surface area contributed by atoms with Gasteiger partial charge in [-0.15, -0.1) is 0 Å². The second kappa shape index (κ2) is 7.29. The molecule has 2 atom stereocenters. The first-order chi connectivity index (χ1) is 13.4. The van der Waals surface area contributed by atoms with Crippen LogP contribution < -0.4 is 4.90 Å². The Labute approximate surface area is 164 Å². The first kappa shape index (κ1) is 19.1. The Balaban J connectivity index is 1.56. The van der Waals surface area contributed by atoms with Crippen molar-refractivity contribution in [1.29, 1.82) is 0 Å². The van der Waals surface area contributed by atoms with Crippen LogP contribution in [0.15, 0.2) is 53.4 Å². The highest BCUT2D eigenvalue weighted by atomic mass is 32.2. The molecular weight excluding hydrogens is 379 g/mol. The molecule has 28 heavy (non-hydrogen) atoms. The number of amides is 1. The van der Waals surface area contributed by atoms with Crippen molar-refractivity contribution in [3.05, 3.63) is 59.9 Å². The maximum absolute atomic E-state index is 13.3. The summed E-state index contributed by atoms with van der Waals surface area (Å²) in [6, 6.07) is 12.8. The molecule has 148 valence electrons. The van der Waals surface area contributed by atoms with Crippen molar-refractivity contribution in [2.75, 3.05) is 18.0 Å². The van der Waals surface area contributed by atoms with Gasteiger partial charge >= 0.3 is 0 Å². The fourth-order valence-corrected chi connectivity index (χ4v) is 5.74. The van der Waals surface area contributed by atoms with Crippen LogP contribution in [0.2, 0.25) is 0 Å². The largest absolute Gasteiger partial charge is 0.309 e. The molecule has 0 saturated carbocycles. The number of rotatable bonds is 3. The highest BCUT2D eigenvalue weighted by Gasteiger charge is 2.39. The fourth-order valence-electron chi connectivity index (χ4n) is 4.22. The third kappa shape index (κ3) is 3.33. The maximum atomic E-state index is 13.3. The number of carbonyl (C=O) groups excluding carboxylic acids is 1. The Morgan fingerprint density at radius 2 is 1.82 bits per heavy atom. The van der Waals surface area contributed by atoms with Gasteiger partial charge in [0, 0.05) is 24.8 Å². The van der Waals surface area contributed by atoms with E-state index in [1.54, 1.807) is 0 Å². The predicted octanol–water partition coefficient (Wildman–Crippen LogP) is 3.20. The summed E-state index contributed by atoms with van der Waals surface area (Å²) in [5.74, 6) is -0.874. The van der Waals surface area contributed by atoms with Crippen LogP contribution in [0.5, 0.6) is 0 Å². The average Bonchev–Trinajstić information content (AvgIpc) is 3.03. The number of hydrogen-bond donors (Lipinski definition) is 0. The Morgan fingerprint density at radius 1 is 1.11 bits per heavy atom. The van der Waals surface area contributed by atoms with E-state index in [1.165, 1.54) is 16.4 Å². The summed E-state index contributed by atoms with van der Waals surface area (Å²) < 4.78 is 40.4. The van der Waals surface area contributed by atoms with Crippen LogP contribution in [-0.2, 0) is 21.2 Å². The zero-order chi connectivity index (χ0) is 19.9.